The molecule has 1 heterocycles. The summed E-state index contributed by atoms with van der Waals surface area (Å²) < 4.78 is 27.1. The van der Waals surface area contributed by atoms with Crippen LogP contribution in [-0.2, 0) is 9.59 Å². The van der Waals surface area contributed by atoms with Crippen LogP contribution in [0.25, 0.3) is 0 Å². The molecule has 0 saturated carbocycles. The summed E-state index contributed by atoms with van der Waals surface area (Å²) in [6, 6.07) is 17.1. The predicted molar refractivity (Wildman–Crippen MR) is 157 cm³/mol. The summed E-state index contributed by atoms with van der Waals surface area (Å²) in [5.41, 5.74) is 7.96. The summed E-state index contributed by atoms with van der Waals surface area (Å²) in [5, 5.41) is 3.43. The number of hydrogen-bond acceptors (Lipinski definition) is 4. The molecule has 3 aromatic rings. The highest BCUT2D eigenvalue weighted by atomic mass is 35.5. The fourth-order valence-electron chi connectivity index (χ4n) is 4.97. The van der Waals surface area contributed by atoms with Gasteiger partial charge in [-0.15, -0.1) is 12.4 Å². The van der Waals surface area contributed by atoms with Crippen LogP contribution in [0.2, 0.25) is 10.0 Å². The van der Waals surface area contributed by atoms with Gasteiger partial charge in [-0.3, -0.25) is 19.4 Å². The van der Waals surface area contributed by atoms with Gasteiger partial charge in [0.15, 0.2) is 0 Å². The molecule has 11 heteroatoms. The average Bonchev–Trinajstić information content (AvgIpc) is 2.91. The number of carbonyl (C=O) groups is 2. The van der Waals surface area contributed by atoms with Crippen molar-refractivity contribution in [3.05, 3.63) is 99.5 Å². The standard InChI is InChI=1S/C29H30Cl2F2N4O2.ClH/c30-24-4-1-5-25(31)28(24)35-27(38)18-36-15-16-37(26(17-36)29(34)39)14-2-3-23(19-6-10-21(32)11-7-19)20-8-12-22(33)13-9-20;/h1,4-13,23,26H,2-3,14-18H2,(H2,34,39)(H,35,38);1H. The number of nitrogens with one attached hydrogen (secondary N) is 1. The number of nitrogens with zero attached hydrogens (tertiary/aromatic N) is 2. The molecule has 0 aliphatic carbocycles. The Morgan fingerprint density at radius 1 is 0.925 bits per heavy atom. The zero-order valence-electron chi connectivity index (χ0n) is 21.7. The molecule has 1 aliphatic rings. The van der Waals surface area contributed by atoms with Gasteiger partial charge in [-0.2, -0.15) is 0 Å². The Balaban J connectivity index is 0.00000441. The summed E-state index contributed by atoms with van der Waals surface area (Å²) in [6.45, 7) is 2.13. The number of carbonyl (C=O) groups excluding carboxylic acids is 2. The molecule has 0 radical (unpaired) electrons. The Bertz CT molecular complexity index is 1230. The van der Waals surface area contributed by atoms with Crippen LogP contribution in [0.4, 0.5) is 14.5 Å². The minimum Gasteiger partial charge on any atom is -0.368 e. The Morgan fingerprint density at radius 2 is 1.48 bits per heavy atom. The zero-order chi connectivity index (χ0) is 27.9. The molecule has 2 amide bonds. The maximum absolute atomic E-state index is 13.5. The van der Waals surface area contributed by atoms with Crippen LogP contribution in [-0.4, -0.2) is 60.4 Å². The highest BCUT2D eigenvalue weighted by molar-refractivity contribution is 6.39. The maximum Gasteiger partial charge on any atom is 0.238 e. The smallest absolute Gasteiger partial charge is 0.238 e. The first kappa shape index (κ1) is 31.8. The number of nitrogens with two attached hydrogens (primary N) is 1. The largest absolute Gasteiger partial charge is 0.368 e. The molecule has 1 aliphatic heterocycles. The van der Waals surface area contributed by atoms with Crippen molar-refractivity contribution >= 4 is 53.1 Å². The van der Waals surface area contributed by atoms with Gasteiger partial charge in [-0.25, -0.2) is 8.78 Å². The second kappa shape index (κ2) is 14.8. The summed E-state index contributed by atoms with van der Waals surface area (Å²) in [6.07, 6.45) is 1.44. The first-order chi connectivity index (χ1) is 18.7. The predicted octanol–water partition coefficient (Wildman–Crippen LogP) is 5.72. The number of rotatable bonds is 10. The number of amides is 2. The quantitative estimate of drug-likeness (QED) is 0.308. The van der Waals surface area contributed by atoms with E-state index in [-0.39, 0.29) is 42.4 Å². The Hall–Kier alpha value is -2.75. The lowest BCUT2D eigenvalue weighted by Gasteiger charge is -2.39. The third-order valence-corrected chi connectivity index (χ3v) is 7.61. The fourth-order valence-corrected chi connectivity index (χ4v) is 5.46. The molecule has 3 aromatic carbocycles. The summed E-state index contributed by atoms with van der Waals surface area (Å²) >= 11 is 12.3. The first-order valence-corrected chi connectivity index (χ1v) is 13.5. The molecule has 1 saturated heterocycles. The molecule has 0 aromatic heterocycles. The summed E-state index contributed by atoms with van der Waals surface area (Å²) in [4.78, 5) is 28.9. The van der Waals surface area contributed by atoms with Crippen LogP contribution < -0.4 is 11.1 Å². The van der Waals surface area contributed by atoms with Crippen LogP contribution in [0.1, 0.15) is 29.9 Å². The van der Waals surface area contributed by atoms with Gasteiger partial charge in [-0.1, -0.05) is 53.5 Å². The number of benzene rings is 3. The molecule has 3 N–H and O–H groups in total. The van der Waals surface area contributed by atoms with E-state index in [0.717, 1.165) is 17.5 Å². The minimum atomic E-state index is -0.550. The van der Waals surface area contributed by atoms with Crippen molar-refractivity contribution in [1.82, 2.24) is 9.80 Å². The highest BCUT2D eigenvalue weighted by Gasteiger charge is 2.31. The van der Waals surface area contributed by atoms with E-state index in [4.69, 9.17) is 28.9 Å². The van der Waals surface area contributed by atoms with Gasteiger partial charge < -0.3 is 11.1 Å². The van der Waals surface area contributed by atoms with E-state index >= 15 is 0 Å². The van der Waals surface area contributed by atoms with Gasteiger partial charge >= 0.3 is 0 Å². The second-order valence-electron chi connectivity index (χ2n) is 9.63. The van der Waals surface area contributed by atoms with E-state index in [1.807, 2.05) is 9.80 Å². The number of halogens is 5. The van der Waals surface area contributed by atoms with Gasteiger partial charge in [0.25, 0.3) is 0 Å². The van der Waals surface area contributed by atoms with Crippen LogP contribution >= 0.6 is 35.6 Å². The van der Waals surface area contributed by atoms with Gasteiger partial charge in [0, 0.05) is 25.6 Å². The van der Waals surface area contributed by atoms with Crippen molar-refractivity contribution in [2.75, 3.05) is 38.0 Å². The van der Waals surface area contributed by atoms with Crippen molar-refractivity contribution in [3.8, 4) is 0 Å². The van der Waals surface area contributed by atoms with Crippen LogP contribution in [0.3, 0.4) is 0 Å². The number of anilines is 1. The Morgan fingerprint density at radius 3 is 2.00 bits per heavy atom. The van der Waals surface area contributed by atoms with Crippen molar-refractivity contribution in [2.24, 2.45) is 5.73 Å². The Kier molecular flexibility index (Phi) is 11.7. The average molecular weight is 612 g/mol. The molecule has 1 unspecified atom stereocenters. The number of para-hydroxylation sites is 1. The maximum atomic E-state index is 13.5. The molecular formula is C29H31Cl3F2N4O2. The molecule has 6 nitrogen and oxygen atoms in total. The van der Waals surface area contributed by atoms with E-state index < -0.39 is 11.9 Å². The molecule has 40 heavy (non-hydrogen) atoms. The summed E-state index contributed by atoms with van der Waals surface area (Å²) in [5.74, 6) is -1.43. The van der Waals surface area contributed by atoms with Gasteiger partial charge in [0.05, 0.1) is 22.3 Å². The highest BCUT2D eigenvalue weighted by Crippen LogP contribution is 2.31. The van der Waals surface area contributed by atoms with Crippen molar-refractivity contribution in [2.45, 2.75) is 24.8 Å². The first-order valence-electron chi connectivity index (χ1n) is 12.7. The molecule has 0 spiro atoms. The molecule has 4 rings (SSSR count). The second-order valence-corrected chi connectivity index (χ2v) is 10.4. The monoisotopic (exact) mass is 610 g/mol. The lowest BCUT2D eigenvalue weighted by atomic mass is 9.87. The van der Waals surface area contributed by atoms with Crippen molar-refractivity contribution in [3.63, 3.8) is 0 Å². The van der Waals surface area contributed by atoms with E-state index in [0.29, 0.717) is 48.3 Å². The normalized spacial score (nSPS) is 16.0. The van der Waals surface area contributed by atoms with Crippen molar-refractivity contribution in [1.29, 1.82) is 0 Å². The van der Waals surface area contributed by atoms with Gasteiger partial charge in [0.2, 0.25) is 11.8 Å². The topological polar surface area (TPSA) is 78.7 Å². The number of piperazine rings is 1. The molecule has 1 fully saturated rings. The molecule has 214 valence electrons. The van der Waals surface area contributed by atoms with E-state index in [1.165, 1.54) is 24.3 Å². The number of primary amides is 1. The minimum absolute atomic E-state index is 0. The lowest BCUT2D eigenvalue weighted by molar-refractivity contribution is -0.127. The molecule has 0 bridgehead atoms. The third-order valence-electron chi connectivity index (χ3n) is 6.98. The fraction of sp³-hybridized carbons (Fsp3) is 0.310. The molecule has 1 atom stereocenters. The van der Waals surface area contributed by atoms with Crippen LogP contribution in [0.15, 0.2) is 66.7 Å². The number of hydrogen-bond donors (Lipinski definition) is 2. The van der Waals surface area contributed by atoms with Gasteiger partial charge in [0.1, 0.15) is 17.7 Å². The third kappa shape index (κ3) is 8.38. The summed E-state index contributed by atoms with van der Waals surface area (Å²) in [7, 11) is 0. The van der Waals surface area contributed by atoms with E-state index in [9.17, 15) is 18.4 Å². The van der Waals surface area contributed by atoms with Gasteiger partial charge in [-0.05, 0) is 66.9 Å². The van der Waals surface area contributed by atoms with Crippen LogP contribution in [0, 0.1) is 11.6 Å². The molecular weight excluding hydrogens is 581 g/mol. The van der Waals surface area contributed by atoms with Crippen molar-refractivity contribution < 1.29 is 18.4 Å². The SMILES string of the molecule is Cl.NC(=O)C1CN(CC(=O)Nc2c(Cl)cccc2Cl)CCN1CCCC(c1ccc(F)cc1)c1ccc(F)cc1. The Labute approximate surface area is 248 Å². The van der Waals surface area contributed by atoms with E-state index in [2.05, 4.69) is 5.32 Å². The lowest BCUT2D eigenvalue weighted by Crippen LogP contribution is -2.59. The zero-order valence-corrected chi connectivity index (χ0v) is 24.0. The van der Waals surface area contributed by atoms with E-state index in [1.54, 1.807) is 42.5 Å². The van der Waals surface area contributed by atoms with Crippen LogP contribution in [0.5, 0.6) is 0 Å².